The Morgan fingerprint density at radius 1 is 1.11 bits per heavy atom. The summed E-state index contributed by atoms with van der Waals surface area (Å²) >= 11 is 0. The van der Waals surface area contributed by atoms with Crippen LogP contribution in [0.1, 0.15) is 55.8 Å². The van der Waals surface area contributed by atoms with Gasteiger partial charge >= 0.3 is 5.97 Å². The van der Waals surface area contributed by atoms with E-state index in [-0.39, 0.29) is 17.5 Å². The van der Waals surface area contributed by atoms with Crippen molar-refractivity contribution in [3.63, 3.8) is 0 Å². The number of hydrogen-bond acceptors (Lipinski definition) is 6. The van der Waals surface area contributed by atoms with Crippen LogP contribution in [0.3, 0.4) is 0 Å². The molecule has 1 N–H and O–H groups in total. The van der Waals surface area contributed by atoms with Crippen molar-refractivity contribution < 1.29 is 28.5 Å². The summed E-state index contributed by atoms with van der Waals surface area (Å²) in [7, 11) is 1.49. The summed E-state index contributed by atoms with van der Waals surface area (Å²) in [6, 6.07) is 3.25. The molecule has 0 bridgehead atoms. The number of hydrogen-bond donors (Lipinski definition) is 1. The smallest absolute Gasteiger partial charge is 0.339 e. The summed E-state index contributed by atoms with van der Waals surface area (Å²) in [5, 5.41) is 3.00. The molecule has 0 aromatic heterocycles. The summed E-state index contributed by atoms with van der Waals surface area (Å²) in [5.41, 5.74) is 0.255. The quantitative estimate of drug-likeness (QED) is 0.628. The molecule has 1 aromatic rings. The lowest BCUT2D eigenvalue weighted by atomic mass is 10.1. The third kappa shape index (κ3) is 4.84. The maximum absolute atomic E-state index is 12.5. The number of fused-ring (bicyclic) bond motifs is 1. The topological polar surface area (TPSA) is 83.1 Å². The fourth-order valence-corrected chi connectivity index (χ4v) is 3.42. The lowest BCUT2D eigenvalue weighted by molar-refractivity contribution is -0.129. The van der Waals surface area contributed by atoms with Crippen LogP contribution < -0.4 is 19.5 Å². The highest BCUT2D eigenvalue weighted by Crippen LogP contribution is 2.40. The molecule has 7 heteroatoms. The average molecular weight is 377 g/mol. The lowest BCUT2D eigenvalue weighted by Crippen LogP contribution is -2.41. The highest BCUT2D eigenvalue weighted by Gasteiger charge is 2.25. The Labute approximate surface area is 159 Å². The van der Waals surface area contributed by atoms with Crippen LogP contribution in [-0.4, -0.2) is 44.3 Å². The molecule has 7 nitrogen and oxygen atoms in total. The number of methoxy groups -OCH3 is 1. The van der Waals surface area contributed by atoms with Gasteiger partial charge in [-0.3, -0.25) is 4.79 Å². The molecule has 0 unspecified atom stereocenters. The van der Waals surface area contributed by atoms with E-state index in [1.54, 1.807) is 13.0 Å². The minimum absolute atomic E-state index is 0.163. The molecule has 0 saturated heterocycles. The van der Waals surface area contributed by atoms with Crippen molar-refractivity contribution in [3.05, 3.63) is 17.7 Å². The monoisotopic (exact) mass is 377 g/mol. The molecule has 2 aliphatic rings. The number of carbonyl (C=O) groups excluding carboxylic acids is 2. The van der Waals surface area contributed by atoms with E-state index in [4.69, 9.17) is 18.9 Å². The predicted molar refractivity (Wildman–Crippen MR) is 98.5 cm³/mol. The van der Waals surface area contributed by atoms with Gasteiger partial charge in [0.15, 0.2) is 17.6 Å². The summed E-state index contributed by atoms with van der Waals surface area (Å²) in [4.78, 5) is 24.9. The summed E-state index contributed by atoms with van der Waals surface area (Å²) in [5.74, 6) is 0.436. The van der Waals surface area contributed by atoms with E-state index in [0.717, 1.165) is 25.7 Å². The predicted octanol–water partition coefficient (Wildman–Crippen LogP) is 2.85. The van der Waals surface area contributed by atoms with Crippen molar-refractivity contribution in [3.8, 4) is 17.2 Å². The fourth-order valence-electron chi connectivity index (χ4n) is 3.42. The first-order valence-electron chi connectivity index (χ1n) is 9.57. The molecule has 1 amide bonds. The molecule has 27 heavy (non-hydrogen) atoms. The molecule has 3 rings (SSSR count). The van der Waals surface area contributed by atoms with Crippen LogP contribution in [-0.2, 0) is 9.53 Å². The first-order valence-corrected chi connectivity index (χ1v) is 9.57. The van der Waals surface area contributed by atoms with Gasteiger partial charge in [0.2, 0.25) is 5.75 Å². The molecule has 1 aliphatic carbocycles. The Balaban J connectivity index is 1.63. The van der Waals surface area contributed by atoms with Gasteiger partial charge in [-0.2, -0.15) is 0 Å². The van der Waals surface area contributed by atoms with E-state index >= 15 is 0 Å². The van der Waals surface area contributed by atoms with Crippen LogP contribution in [0.25, 0.3) is 0 Å². The zero-order valence-corrected chi connectivity index (χ0v) is 15.9. The number of carbonyl (C=O) groups is 2. The molecular formula is C20H27NO6. The first-order chi connectivity index (χ1) is 13.1. The van der Waals surface area contributed by atoms with Gasteiger partial charge in [-0.15, -0.1) is 0 Å². The van der Waals surface area contributed by atoms with Gasteiger partial charge in [0.1, 0.15) is 13.2 Å². The Morgan fingerprint density at radius 3 is 2.52 bits per heavy atom. The van der Waals surface area contributed by atoms with Crippen molar-refractivity contribution in [1.29, 1.82) is 0 Å². The van der Waals surface area contributed by atoms with E-state index in [1.807, 2.05) is 0 Å². The molecule has 0 radical (unpaired) electrons. The van der Waals surface area contributed by atoms with Crippen molar-refractivity contribution in [2.45, 2.75) is 57.6 Å². The minimum atomic E-state index is -0.875. The fraction of sp³-hybridized carbons (Fsp3) is 0.600. The first kappa shape index (κ1) is 19.3. The molecule has 0 spiro atoms. The van der Waals surface area contributed by atoms with Crippen LogP contribution in [0.15, 0.2) is 12.1 Å². The maximum Gasteiger partial charge on any atom is 0.339 e. The number of amides is 1. The summed E-state index contributed by atoms with van der Waals surface area (Å²) in [6.45, 7) is 2.40. The molecule has 1 atom stereocenters. The van der Waals surface area contributed by atoms with Crippen LogP contribution in [0.4, 0.5) is 0 Å². The van der Waals surface area contributed by atoms with Crippen LogP contribution in [0.5, 0.6) is 17.2 Å². The molecule has 148 valence electrons. The molecule has 1 aromatic carbocycles. The van der Waals surface area contributed by atoms with E-state index in [9.17, 15) is 9.59 Å². The van der Waals surface area contributed by atoms with Crippen LogP contribution in [0.2, 0.25) is 0 Å². The Morgan fingerprint density at radius 2 is 1.81 bits per heavy atom. The van der Waals surface area contributed by atoms with Gasteiger partial charge in [0, 0.05) is 6.04 Å². The highest BCUT2D eigenvalue weighted by atomic mass is 16.6. The minimum Gasteiger partial charge on any atom is -0.493 e. The number of rotatable bonds is 5. The van der Waals surface area contributed by atoms with E-state index in [2.05, 4.69) is 5.32 Å². The molecule has 1 aliphatic heterocycles. The number of benzene rings is 1. The maximum atomic E-state index is 12.5. The summed E-state index contributed by atoms with van der Waals surface area (Å²) < 4.78 is 21.7. The zero-order chi connectivity index (χ0) is 19.2. The number of esters is 1. The van der Waals surface area contributed by atoms with Crippen molar-refractivity contribution in [1.82, 2.24) is 5.32 Å². The second-order valence-electron chi connectivity index (χ2n) is 6.95. The molecular weight excluding hydrogens is 350 g/mol. The SMILES string of the molecule is COc1cc(C(=O)O[C@H](C)C(=O)NC2CCCCCC2)cc2c1OCCO2. The number of nitrogens with one attached hydrogen (secondary N) is 1. The van der Waals surface area contributed by atoms with Crippen LogP contribution >= 0.6 is 0 Å². The number of ether oxygens (including phenoxy) is 4. The average Bonchev–Trinajstić information content (AvgIpc) is 2.95. The van der Waals surface area contributed by atoms with Gasteiger partial charge in [-0.1, -0.05) is 25.7 Å². The van der Waals surface area contributed by atoms with Gasteiger partial charge in [0.05, 0.1) is 12.7 Å². The van der Waals surface area contributed by atoms with E-state index in [0.29, 0.717) is 30.5 Å². The molecule has 1 saturated carbocycles. The third-order valence-corrected chi connectivity index (χ3v) is 4.92. The van der Waals surface area contributed by atoms with Gasteiger partial charge < -0.3 is 24.3 Å². The lowest BCUT2D eigenvalue weighted by Gasteiger charge is -2.22. The molecule has 1 heterocycles. The molecule has 1 fully saturated rings. The largest absolute Gasteiger partial charge is 0.493 e. The Kier molecular flexibility index (Phi) is 6.42. The van der Waals surface area contributed by atoms with Crippen molar-refractivity contribution in [2.24, 2.45) is 0 Å². The Bertz CT molecular complexity index is 664. The van der Waals surface area contributed by atoms with Gasteiger partial charge in [-0.05, 0) is 31.9 Å². The second kappa shape index (κ2) is 8.97. The van der Waals surface area contributed by atoms with Gasteiger partial charge in [-0.25, -0.2) is 4.79 Å². The Hall–Kier alpha value is -2.44. The third-order valence-electron chi connectivity index (χ3n) is 4.92. The highest BCUT2D eigenvalue weighted by molar-refractivity contribution is 5.93. The standard InChI is InChI=1S/C20H27NO6/c1-13(19(22)21-15-7-5-3-4-6-8-15)27-20(23)14-11-16(24-2)18-17(12-14)25-9-10-26-18/h11-13,15H,3-10H2,1-2H3,(H,21,22)/t13-/m1/s1. The zero-order valence-electron chi connectivity index (χ0n) is 15.9. The second-order valence-corrected chi connectivity index (χ2v) is 6.95. The normalized spacial score (nSPS) is 18.1. The van der Waals surface area contributed by atoms with Crippen LogP contribution in [0, 0.1) is 0 Å². The van der Waals surface area contributed by atoms with E-state index in [1.165, 1.54) is 26.0 Å². The summed E-state index contributed by atoms with van der Waals surface area (Å²) in [6.07, 6.45) is 5.75. The van der Waals surface area contributed by atoms with E-state index < -0.39 is 12.1 Å². The van der Waals surface area contributed by atoms with Crippen molar-refractivity contribution in [2.75, 3.05) is 20.3 Å². The van der Waals surface area contributed by atoms with Gasteiger partial charge in [0.25, 0.3) is 5.91 Å². The van der Waals surface area contributed by atoms with Crippen molar-refractivity contribution >= 4 is 11.9 Å².